The van der Waals surface area contributed by atoms with E-state index in [0.717, 1.165) is 45.6 Å². The molecule has 3 N–H and O–H groups in total. The normalized spacial score (nSPS) is 14.1. The van der Waals surface area contributed by atoms with Crippen molar-refractivity contribution >= 4 is 45.9 Å². The number of carbonyl (C=O) groups is 3. The number of rotatable bonds is 11. The average Bonchev–Trinajstić information content (AvgIpc) is 3.07. The number of hydrogen-bond donors (Lipinski definition) is 3. The maximum Gasteiger partial charge on any atom is 0.242 e. The molecule has 0 aromatic heterocycles. The number of para-hydroxylation sites is 1. The van der Waals surface area contributed by atoms with Crippen LogP contribution in [0.5, 0.6) is 0 Å². The molecule has 0 saturated carbocycles. The van der Waals surface area contributed by atoms with Crippen LogP contribution >= 0.6 is 11.8 Å². The molecule has 4 rings (SSSR count). The van der Waals surface area contributed by atoms with Gasteiger partial charge >= 0.3 is 0 Å². The van der Waals surface area contributed by atoms with E-state index in [0.29, 0.717) is 19.4 Å². The van der Waals surface area contributed by atoms with Crippen molar-refractivity contribution in [1.29, 1.82) is 0 Å². The first kappa shape index (κ1) is 26.7. The number of carbonyl (C=O) groups excluding carboxylic acids is 3. The molecule has 7 nitrogen and oxygen atoms in total. The zero-order valence-electron chi connectivity index (χ0n) is 21.2. The fourth-order valence-corrected chi connectivity index (χ4v) is 5.45. The van der Waals surface area contributed by atoms with Crippen LogP contribution in [0.2, 0.25) is 0 Å². The number of nitrogens with one attached hydrogen (secondary N) is 3. The van der Waals surface area contributed by atoms with Gasteiger partial charge in [0.05, 0.1) is 5.69 Å². The summed E-state index contributed by atoms with van der Waals surface area (Å²) < 4.78 is 0. The lowest BCUT2D eigenvalue weighted by Crippen LogP contribution is -2.49. The van der Waals surface area contributed by atoms with Gasteiger partial charge in [0.15, 0.2) is 0 Å². The Morgan fingerprint density at radius 2 is 1.78 bits per heavy atom. The maximum absolute atomic E-state index is 13.1. The van der Waals surface area contributed by atoms with E-state index < -0.39 is 6.04 Å². The first-order valence-electron chi connectivity index (χ1n) is 12.8. The average molecular weight is 519 g/mol. The minimum Gasteiger partial charge on any atom is -0.354 e. The van der Waals surface area contributed by atoms with Gasteiger partial charge in [0.2, 0.25) is 17.7 Å². The number of nitrogens with zero attached hydrogens (tertiary/aromatic N) is 1. The van der Waals surface area contributed by atoms with Crippen LogP contribution in [0.15, 0.2) is 71.6 Å². The van der Waals surface area contributed by atoms with Crippen LogP contribution in [0, 0.1) is 0 Å². The second kappa shape index (κ2) is 13.3. The summed E-state index contributed by atoms with van der Waals surface area (Å²) in [5.41, 5.74) is 1.82. The first-order chi connectivity index (χ1) is 18.0. The van der Waals surface area contributed by atoms with Gasteiger partial charge in [0.25, 0.3) is 0 Å². The third-order valence-electron chi connectivity index (χ3n) is 6.40. The Balaban J connectivity index is 1.43. The van der Waals surface area contributed by atoms with Gasteiger partial charge in [-0.2, -0.15) is 0 Å². The quantitative estimate of drug-likeness (QED) is 0.338. The van der Waals surface area contributed by atoms with E-state index in [4.69, 9.17) is 0 Å². The minimum absolute atomic E-state index is 0.0141. The number of amides is 3. The van der Waals surface area contributed by atoms with Crippen molar-refractivity contribution in [2.24, 2.45) is 0 Å². The van der Waals surface area contributed by atoms with Crippen LogP contribution in [0.4, 0.5) is 5.69 Å². The molecular weight excluding hydrogens is 484 g/mol. The summed E-state index contributed by atoms with van der Waals surface area (Å²) in [7, 11) is 1.87. The molecule has 0 bridgehead atoms. The zero-order chi connectivity index (χ0) is 26.0. The lowest BCUT2D eigenvalue weighted by atomic mass is 10.0. The molecule has 8 heteroatoms. The van der Waals surface area contributed by atoms with Crippen LogP contribution in [-0.4, -0.2) is 56.2 Å². The molecule has 0 saturated heterocycles. The van der Waals surface area contributed by atoms with Crippen molar-refractivity contribution in [1.82, 2.24) is 16.0 Å². The molecule has 0 radical (unpaired) electrons. The predicted molar refractivity (Wildman–Crippen MR) is 150 cm³/mol. The van der Waals surface area contributed by atoms with Gasteiger partial charge in [-0.15, -0.1) is 11.8 Å². The van der Waals surface area contributed by atoms with Gasteiger partial charge in [0, 0.05) is 43.0 Å². The lowest BCUT2D eigenvalue weighted by Gasteiger charge is -2.23. The molecule has 0 fully saturated rings. The molecular formula is C29H34N4O3S. The summed E-state index contributed by atoms with van der Waals surface area (Å²) in [5.74, 6) is 0.281. The van der Waals surface area contributed by atoms with Crippen molar-refractivity contribution in [3.05, 3.63) is 72.3 Å². The van der Waals surface area contributed by atoms with Crippen LogP contribution in [-0.2, 0) is 20.8 Å². The molecule has 1 aliphatic rings. The first-order valence-corrected chi connectivity index (χ1v) is 13.8. The van der Waals surface area contributed by atoms with E-state index in [1.165, 1.54) is 0 Å². The van der Waals surface area contributed by atoms with Crippen molar-refractivity contribution in [3.8, 4) is 0 Å². The predicted octanol–water partition coefficient (Wildman–Crippen LogP) is 3.51. The summed E-state index contributed by atoms with van der Waals surface area (Å²) in [6, 6.07) is 21.3. The molecule has 3 aromatic carbocycles. The molecule has 1 unspecified atom stereocenters. The summed E-state index contributed by atoms with van der Waals surface area (Å²) in [5, 5.41) is 11.2. The highest BCUT2D eigenvalue weighted by molar-refractivity contribution is 7.99. The number of thioether (sulfide) groups is 1. The third kappa shape index (κ3) is 7.33. The molecule has 0 aliphatic carbocycles. The molecule has 1 aliphatic heterocycles. The van der Waals surface area contributed by atoms with E-state index in [-0.39, 0.29) is 30.7 Å². The van der Waals surface area contributed by atoms with Crippen LogP contribution < -0.4 is 20.9 Å². The Morgan fingerprint density at radius 1 is 1.00 bits per heavy atom. The van der Waals surface area contributed by atoms with Crippen LogP contribution in [0.25, 0.3) is 10.8 Å². The summed E-state index contributed by atoms with van der Waals surface area (Å²) in [6.45, 7) is 1.60. The number of fused-ring (bicyclic) bond motifs is 2. The van der Waals surface area contributed by atoms with Crippen molar-refractivity contribution < 1.29 is 14.4 Å². The van der Waals surface area contributed by atoms with Gasteiger partial charge in [-0.25, -0.2) is 0 Å². The third-order valence-corrected chi connectivity index (χ3v) is 7.47. The van der Waals surface area contributed by atoms with E-state index in [1.54, 1.807) is 16.7 Å². The van der Waals surface area contributed by atoms with Crippen molar-refractivity contribution in [2.45, 2.75) is 36.6 Å². The Hall–Kier alpha value is -3.36. The standard InChI is InChI=1S/C29H34N4O3S/c1-30-15-6-16-31-29(36)24(20-21-11-12-22-7-2-3-8-23(22)19-21)32-27(34)13-17-33-25-9-4-5-10-26(25)37-18-14-28(33)35/h2-5,7-12,19,24,30H,6,13-18,20H2,1H3,(H,31,36)(H,32,34). The topological polar surface area (TPSA) is 90.5 Å². The largest absolute Gasteiger partial charge is 0.354 e. The molecule has 3 amide bonds. The van der Waals surface area contributed by atoms with Gasteiger partial charge in [-0.1, -0.05) is 54.6 Å². The molecule has 37 heavy (non-hydrogen) atoms. The highest BCUT2D eigenvalue weighted by Crippen LogP contribution is 2.34. The maximum atomic E-state index is 13.1. The number of benzene rings is 3. The second-order valence-electron chi connectivity index (χ2n) is 9.12. The monoisotopic (exact) mass is 518 g/mol. The fraction of sp³-hybridized carbons (Fsp3) is 0.345. The van der Waals surface area contributed by atoms with Gasteiger partial charge in [-0.3, -0.25) is 14.4 Å². The molecule has 1 atom stereocenters. The zero-order valence-corrected chi connectivity index (χ0v) is 22.0. The molecule has 3 aromatic rings. The minimum atomic E-state index is -0.703. The lowest BCUT2D eigenvalue weighted by molar-refractivity contribution is -0.129. The van der Waals surface area contributed by atoms with Gasteiger partial charge in [-0.05, 0) is 48.5 Å². The van der Waals surface area contributed by atoms with E-state index >= 15 is 0 Å². The Bertz CT molecular complexity index is 1250. The van der Waals surface area contributed by atoms with Crippen molar-refractivity contribution in [2.75, 3.05) is 37.3 Å². The summed E-state index contributed by atoms with van der Waals surface area (Å²) in [6.07, 6.45) is 1.73. The second-order valence-corrected chi connectivity index (χ2v) is 10.3. The van der Waals surface area contributed by atoms with E-state index in [2.05, 4.69) is 22.0 Å². The Labute approximate surface area is 222 Å². The summed E-state index contributed by atoms with van der Waals surface area (Å²) in [4.78, 5) is 41.6. The highest BCUT2D eigenvalue weighted by Gasteiger charge is 2.25. The molecule has 1 heterocycles. The van der Waals surface area contributed by atoms with Gasteiger partial charge < -0.3 is 20.9 Å². The van der Waals surface area contributed by atoms with E-state index in [1.807, 2.05) is 67.7 Å². The molecule has 0 spiro atoms. The van der Waals surface area contributed by atoms with E-state index in [9.17, 15) is 14.4 Å². The SMILES string of the molecule is CNCCCNC(=O)C(Cc1ccc2ccccc2c1)NC(=O)CCN1C(=O)CCSc2ccccc21. The number of hydrogen-bond acceptors (Lipinski definition) is 5. The Morgan fingerprint density at radius 3 is 2.62 bits per heavy atom. The highest BCUT2D eigenvalue weighted by atomic mass is 32.2. The molecule has 194 valence electrons. The van der Waals surface area contributed by atoms with Crippen LogP contribution in [0.3, 0.4) is 0 Å². The fourth-order valence-electron chi connectivity index (χ4n) is 4.46. The smallest absolute Gasteiger partial charge is 0.242 e. The van der Waals surface area contributed by atoms with Gasteiger partial charge in [0.1, 0.15) is 6.04 Å². The Kier molecular flexibility index (Phi) is 9.57. The number of anilines is 1. The summed E-state index contributed by atoms with van der Waals surface area (Å²) >= 11 is 1.66. The van der Waals surface area contributed by atoms with Crippen molar-refractivity contribution in [3.63, 3.8) is 0 Å². The van der Waals surface area contributed by atoms with Crippen LogP contribution in [0.1, 0.15) is 24.8 Å².